The van der Waals surface area contributed by atoms with Crippen LogP contribution in [0.2, 0.25) is 0 Å². The number of nitrogens with one attached hydrogen (secondary N) is 2. The molecule has 1 aromatic heterocycles. The largest absolute Gasteiger partial charge is 0.460 e. The Morgan fingerprint density at radius 3 is 2.62 bits per heavy atom. The number of aryl methyl sites for hydroxylation is 1. The number of halogens is 1. The Morgan fingerprint density at radius 1 is 1.29 bits per heavy atom. The molecule has 1 amide bonds. The third kappa shape index (κ3) is 4.75. The molecular weight excluding hydrogens is 334 g/mol. The lowest BCUT2D eigenvalue weighted by molar-refractivity contribution is -0.121. The monoisotopic (exact) mass is 349 g/mol. The fourth-order valence-corrected chi connectivity index (χ4v) is 1.91. The Bertz CT molecular complexity index is 635. The van der Waals surface area contributed by atoms with Crippen molar-refractivity contribution in [2.45, 2.75) is 19.9 Å². The van der Waals surface area contributed by atoms with Gasteiger partial charge in [0.1, 0.15) is 17.6 Å². The van der Waals surface area contributed by atoms with Gasteiger partial charge in [0.25, 0.3) is 5.91 Å². The Labute approximate surface area is 131 Å². The highest BCUT2D eigenvalue weighted by molar-refractivity contribution is 9.10. The zero-order valence-corrected chi connectivity index (χ0v) is 13.3. The van der Waals surface area contributed by atoms with Crippen molar-refractivity contribution in [1.29, 1.82) is 0 Å². The summed E-state index contributed by atoms with van der Waals surface area (Å²) in [6, 6.07) is 10.8. The van der Waals surface area contributed by atoms with Crippen molar-refractivity contribution in [3.63, 3.8) is 0 Å². The van der Waals surface area contributed by atoms with Crippen molar-refractivity contribution in [1.82, 2.24) is 5.43 Å². The van der Waals surface area contributed by atoms with Crippen LogP contribution in [-0.2, 0) is 4.79 Å². The maximum Gasteiger partial charge on any atom is 0.262 e. The van der Waals surface area contributed by atoms with Gasteiger partial charge in [0.2, 0.25) is 0 Å². The molecule has 21 heavy (non-hydrogen) atoms. The van der Waals surface area contributed by atoms with Gasteiger partial charge in [-0.2, -0.15) is 5.10 Å². The van der Waals surface area contributed by atoms with Gasteiger partial charge in [-0.15, -0.1) is 0 Å². The quantitative estimate of drug-likeness (QED) is 0.642. The minimum Gasteiger partial charge on any atom is -0.460 e. The molecule has 0 aliphatic rings. The van der Waals surface area contributed by atoms with Crippen LogP contribution < -0.4 is 10.7 Å². The first-order valence-electron chi connectivity index (χ1n) is 6.46. The summed E-state index contributed by atoms with van der Waals surface area (Å²) in [6.45, 7) is 3.62. The van der Waals surface area contributed by atoms with Crippen LogP contribution in [0.15, 0.2) is 50.4 Å². The highest BCUT2D eigenvalue weighted by atomic mass is 79.9. The molecule has 0 bridgehead atoms. The number of nitrogens with zero attached hydrogens (tertiary/aromatic N) is 1. The van der Waals surface area contributed by atoms with Gasteiger partial charge in [-0.05, 0) is 50.2 Å². The first-order chi connectivity index (χ1) is 10.0. The van der Waals surface area contributed by atoms with E-state index in [2.05, 4.69) is 31.8 Å². The number of carbonyl (C=O) groups is 1. The van der Waals surface area contributed by atoms with E-state index in [4.69, 9.17) is 4.42 Å². The second kappa shape index (κ2) is 7.08. The van der Waals surface area contributed by atoms with E-state index in [1.165, 1.54) is 6.21 Å². The Hall–Kier alpha value is -2.08. The van der Waals surface area contributed by atoms with Gasteiger partial charge >= 0.3 is 0 Å². The SMILES string of the molecule is Cc1ccc(/C=N\NC(=O)[C@H](C)Nc2ccc(Br)cc2)o1. The van der Waals surface area contributed by atoms with Crippen LogP contribution in [0.4, 0.5) is 5.69 Å². The average Bonchev–Trinajstić information content (AvgIpc) is 2.87. The number of amides is 1. The zero-order valence-electron chi connectivity index (χ0n) is 11.8. The van der Waals surface area contributed by atoms with Crippen LogP contribution in [0.25, 0.3) is 0 Å². The fraction of sp³-hybridized carbons (Fsp3) is 0.200. The van der Waals surface area contributed by atoms with Gasteiger partial charge in [0, 0.05) is 10.2 Å². The van der Waals surface area contributed by atoms with Crippen LogP contribution in [0.5, 0.6) is 0 Å². The predicted molar refractivity (Wildman–Crippen MR) is 86.4 cm³/mol. The molecule has 0 unspecified atom stereocenters. The number of hydrogen-bond acceptors (Lipinski definition) is 4. The van der Waals surface area contributed by atoms with Crippen LogP contribution >= 0.6 is 15.9 Å². The summed E-state index contributed by atoms with van der Waals surface area (Å²) in [6.07, 6.45) is 1.47. The van der Waals surface area contributed by atoms with E-state index < -0.39 is 6.04 Å². The molecule has 1 atom stereocenters. The first kappa shape index (κ1) is 15.3. The maximum atomic E-state index is 11.9. The number of anilines is 1. The molecule has 0 aliphatic carbocycles. The molecule has 0 spiro atoms. The number of rotatable bonds is 5. The average molecular weight is 350 g/mol. The Balaban J connectivity index is 1.85. The first-order valence-corrected chi connectivity index (χ1v) is 7.25. The summed E-state index contributed by atoms with van der Waals surface area (Å²) in [5.41, 5.74) is 3.34. The standard InChI is InChI=1S/C15H16BrN3O2/c1-10-3-8-14(21-10)9-17-19-15(20)11(2)18-13-6-4-12(16)5-7-13/h3-9,11,18H,1-2H3,(H,19,20)/b17-9-/t11-/m0/s1. The molecule has 0 radical (unpaired) electrons. The molecule has 2 N–H and O–H groups in total. The molecule has 5 nitrogen and oxygen atoms in total. The van der Waals surface area contributed by atoms with Gasteiger partial charge in [-0.25, -0.2) is 5.43 Å². The highest BCUT2D eigenvalue weighted by Gasteiger charge is 2.11. The normalized spacial score (nSPS) is 12.3. The lowest BCUT2D eigenvalue weighted by Gasteiger charge is -2.13. The fourth-order valence-electron chi connectivity index (χ4n) is 1.64. The van der Waals surface area contributed by atoms with Gasteiger partial charge in [0.15, 0.2) is 0 Å². The van der Waals surface area contributed by atoms with E-state index in [1.807, 2.05) is 37.3 Å². The second-order valence-electron chi connectivity index (χ2n) is 4.56. The highest BCUT2D eigenvalue weighted by Crippen LogP contribution is 2.14. The van der Waals surface area contributed by atoms with E-state index in [-0.39, 0.29) is 5.91 Å². The van der Waals surface area contributed by atoms with Gasteiger partial charge in [-0.3, -0.25) is 4.79 Å². The predicted octanol–water partition coefficient (Wildman–Crippen LogP) is 3.30. The maximum absolute atomic E-state index is 11.9. The molecule has 0 saturated heterocycles. The molecule has 2 rings (SSSR count). The number of carbonyl (C=O) groups excluding carboxylic acids is 1. The molecular formula is C15H16BrN3O2. The van der Waals surface area contributed by atoms with E-state index >= 15 is 0 Å². The topological polar surface area (TPSA) is 66.6 Å². The molecule has 1 aromatic carbocycles. The lowest BCUT2D eigenvalue weighted by atomic mass is 10.2. The van der Waals surface area contributed by atoms with Crippen molar-refractivity contribution in [3.05, 3.63) is 52.4 Å². The van der Waals surface area contributed by atoms with Crippen LogP contribution in [0, 0.1) is 6.92 Å². The van der Waals surface area contributed by atoms with Gasteiger partial charge < -0.3 is 9.73 Å². The third-order valence-electron chi connectivity index (χ3n) is 2.75. The summed E-state index contributed by atoms with van der Waals surface area (Å²) >= 11 is 3.36. The number of furan rings is 1. The van der Waals surface area contributed by atoms with Crippen molar-refractivity contribution in [3.8, 4) is 0 Å². The van der Waals surface area contributed by atoms with Crippen molar-refractivity contribution in [2.24, 2.45) is 5.10 Å². The molecule has 110 valence electrons. The van der Waals surface area contributed by atoms with Crippen LogP contribution in [-0.4, -0.2) is 18.2 Å². The van der Waals surface area contributed by atoms with Crippen LogP contribution in [0.1, 0.15) is 18.4 Å². The van der Waals surface area contributed by atoms with E-state index in [1.54, 1.807) is 13.0 Å². The minimum absolute atomic E-state index is 0.225. The summed E-state index contributed by atoms with van der Waals surface area (Å²) in [5, 5.41) is 6.96. The van der Waals surface area contributed by atoms with Crippen LogP contribution in [0.3, 0.4) is 0 Å². The third-order valence-corrected chi connectivity index (χ3v) is 3.28. The van der Waals surface area contributed by atoms with E-state index in [9.17, 15) is 4.79 Å². The van der Waals surface area contributed by atoms with Gasteiger partial charge in [0.05, 0.1) is 6.21 Å². The Kier molecular flexibility index (Phi) is 5.16. The zero-order chi connectivity index (χ0) is 15.2. The molecule has 6 heteroatoms. The van der Waals surface area contributed by atoms with Crippen molar-refractivity contribution in [2.75, 3.05) is 5.32 Å². The molecule has 0 aliphatic heterocycles. The number of hydrazone groups is 1. The molecule has 0 saturated carbocycles. The molecule has 2 aromatic rings. The lowest BCUT2D eigenvalue weighted by Crippen LogP contribution is -2.34. The van der Waals surface area contributed by atoms with E-state index in [0.717, 1.165) is 15.9 Å². The van der Waals surface area contributed by atoms with Gasteiger partial charge in [-0.1, -0.05) is 15.9 Å². The number of hydrogen-bond donors (Lipinski definition) is 2. The summed E-state index contributed by atoms with van der Waals surface area (Å²) in [4.78, 5) is 11.9. The summed E-state index contributed by atoms with van der Waals surface area (Å²) in [7, 11) is 0. The van der Waals surface area contributed by atoms with E-state index in [0.29, 0.717) is 5.76 Å². The Morgan fingerprint density at radius 2 is 2.00 bits per heavy atom. The smallest absolute Gasteiger partial charge is 0.262 e. The van der Waals surface area contributed by atoms with Crippen molar-refractivity contribution < 1.29 is 9.21 Å². The minimum atomic E-state index is -0.401. The number of benzene rings is 1. The molecule has 0 fully saturated rings. The molecule has 1 heterocycles. The summed E-state index contributed by atoms with van der Waals surface area (Å²) < 4.78 is 6.30. The second-order valence-corrected chi connectivity index (χ2v) is 5.47. The summed E-state index contributed by atoms with van der Waals surface area (Å²) in [5.74, 6) is 1.17. The van der Waals surface area contributed by atoms with Crippen molar-refractivity contribution >= 4 is 33.7 Å².